The van der Waals surface area contributed by atoms with Crippen molar-refractivity contribution in [3.05, 3.63) is 24.0 Å². The Labute approximate surface area is 108 Å². The molecular weight excluding hydrogens is 222 g/mol. The van der Waals surface area contributed by atoms with Crippen molar-refractivity contribution in [3.8, 4) is 6.07 Å². The van der Waals surface area contributed by atoms with Gasteiger partial charge in [-0.15, -0.1) is 0 Å². The molecule has 2 heterocycles. The molecule has 0 radical (unpaired) electrons. The van der Waals surface area contributed by atoms with Crippen LogP contribution in [0.5, 0.6) is 0 Å². The maximum atomic E-state index is 8.96. The molecule has 2 atom stereocenters. The molecule has 2 fully saturated rings. The fraction of sp³-hybridized carbons (Fsp3) is 0.600. The summed E-state index contributed by atoms with van der Waals surface area (Å²) in [6.07, 6.45) is 9.89. The van der Waals surface area contributed by atoms with Crippen molar-refractivity contribution in [2.75, 3.05) is 11.4 Å². The average molecular weight is 241 g/mol. The molecule has 0 aromatic carbocycles. The Kier molecular flexibility index (Phi) is 3.19. The van der Waals surface area contributed by atoms with E-state index in [1.54, 1.807) is 6.20 Å². The molecule has 0 N–H and O–H groups in total. The summed E-state index contributed by atoms with van der Waals surface area (Å²) in [6, 6.07) is 6.83. The smallest absolute Gasteiger partial charge is 0.142 e. The van der Waals surface area contributed by atoms with Gasteiger partial charge in [0.05, 0.1) is 0 Å². The Morgan fingerprint density at radius 2 is 2.06 bits per heavy atom. The number of piperidine rings is 1. The highest BCUT2D eigenvalue weighted by atomic mass is 15.2. The van der Waals surface area contributed by atoms with Crippen LogP contribution in [0, 0.1) is 17.2 Å². The Hall–Kier alpha value is -1.56. The summed E-state index contributed by atoms with van der Waals surface area (Å²) in [7, 11) is 0. The van der Waals surface area contributed by atoms with Crippen molar-refractivity contribution in [1.29, 1.82) is 5.26 Å². The first kappa shape index (κ1) is 11.5. The molecule has 94 valence electrons. The Balaban J connectivity index is 1.87. The van der Waals surface area contributed by atoms with Crippen LogP contribution in [-0.4, -0.2) is 17.6 Å². The first-order valence-electron chi connectivity index (χ1n) is 7.01. The van der Waals surface area contributed by atoms with Crippen LogP contribution in [0.4, 0.5) is 5.69 Å². The largest absolute Gasteiger partial charge is 0.368 e. The number of nitrogens with zero attached hydrogens (tertiary/aromatic N) is 3. The number of nitriles is 1. The van der Waals surface area contributed by atoms with Gasteiger partial charge >= 0.3 is 0 Å². The summed E-state index contributed by atoms with van der Waals surface area (Å²) in [5, 5.41) is 8.96. The van der Waals surface area contributed by atoms with Crippen LogP contribution in [0.3, 0.4) is 0 Å². The molecule has 1 aromatic heterocycles. The van der Waals surface area contributed by atoms with Crippen molar-refractivity contribution >= 4 is 5.69 Å². The highest BCUT2D eigenvalue weighted by Gasteiger charge is 2.33. The fourth-order valence-electron chi connectivity index (χ4n) is 3.60. The minimum Gasteiger partial charge on any atom is -0.368 e. The van der Waals surface area contributed by atoms with Gasteiger partial charge in [0, 0.05) is 24.5 Å². The topological polar surface area (TPSA) is 39.9 Å². The van der Waals surface area contributed by atoms with Gasteiger partial charge in [0.15, 0.2) is 0 Å². The first-order valence-corrected chi connectivity index (χ1v) is 7.01. The van der Waals surface area contributed by atoms with Gasteiger partial charge in [-0.05, 0) is 43.7 Å². The van der Waals surface area contributed by atoms with Gasteiger partial charge in [0.25, 0.3) is 0 Å². The van der Waals surface area contributed by atoms with E-state index in [0.29, 0.717) is 11.7 Å². The number of hydrogen-bond acceptors (Lipinski definition) is 3. The Morgan fingerprint density at radius 3 is 2.94 bits per heavy atom. The fourth-order valence-corrected chi connectivity index (χ4v) is 3.60. The maximum Gasteiger partial charge on any atom is 0.142 e. The molecule has 18 heavy (non-hydrogen) atoms. The molecule has 3 nitrogen and oxygen atoms in total. The zero-order valence-corrected chi connectivity index (χ0v) is 10.7. The molecular formula is C15H19N3. The molecule has 1 aromatic rings. The third-order valence-electron chi connectivity index (χ3n) is 4.43. The lowest BCUT2D eigenvalue weighted by Crippen LogP contribution is -2.46. The van der Waals surface area contributed by atoms with E-state index >= 15 is 0 Å². The number of aromatic nitrogens is 1. The lowest BCUT2D eigenvalue weighted by molar-refractivity contribution is 0.244. The SMILES string of the molecule is N#Cc1cc(N2CCC[C@H]3CCCC[C@H]32)ccn1. The highest BCUT2D eigenvalue weighted by Crippen LogP contribution is 2.37. The lowest BCUT2D eigenvalue weighted by atomic mass is 9.78. The number of fused-ring (bicyclic) bond motifs is 1. The van der Waals surface area contributed by atoms with Gasteiger partial charge in [-0.1, -0.05) is 12.8 Å². The van der Waals surface area contributed by atoms with Gasteiger partial charge in [0.2, 0.25) is 0 Å². The van der Waals surface area contributed by atoms with Crippen molar-refractivity contribution < 1.29 is 0 Å². The summed E-state index contributed by atoms with van der Waals surface area (Å²) in [4.78, 5) is 6.59. The van der Waals surface area contributed by atoms with Crippen LogP contribution >= 0.6 is 0 Å². The standard InChI is InChI=1S/C15H19N3/c16-11-13-10-14(7-8-17-13)18-9-3-5-12-4-1-2-6-15(12)18/h7-8,10,12,15H,1-6,9H2/t12-,15-/m1/s1. The van der Waals surface area contributed by atoms with Crippen molar-refractivity contribution in [1.82, 2.24) is 4.98 Å². The van der Waals surface area contributed by atoms with Gasteiger partial charge in [0.1, 0.15) is 11.8 Å². The Bertz CT molecular complexity index is 461. The molecule has 3 rings (SSSR count). The van der Waals surface area contributed by atoms with E-state index in [1.807, 2.05) is 6.07 Å². The summed E-state index contributed by atoms with van der Waals surface area (Å²) in [5.41, 5.74) is 1.73. The van der Waals surface area contributed by atoms with E-state index in [2.05, 4.69) is 22.0 Å². The van der Waals surface area contributed by atoms with Crippen LogP contribution in [0.1, 0.15) is 44.2 Å². The Morgan fingerprint density at radius 1 is 1.22 bits per heavy atom. The molecule has 0 spiro atoms. The summed E-state index contributed by atoms with van der Waals surface area (Å²) in [6.45, 7) is 1.13. The molecule has 0 amide bonds. The number of pyridine rings is 1. The lowest BCUT2D eigenvalue weighted by Gasteiger charge is -2.45. The molecule has 0 bridgehead atoms. The molecule has 1 saturated heterocycles. The maximum absolute atomic E-state index is 8.96. The monoisotopic (exact) mass is 241 g/mol. The van der Waals surface area contributed by atoms with E-state index in [-0.39, 0.29) is 0 Å². The number of hydrogen-bond donors (Lipinski definition) is 0. The van der Waals surface area contributed by atoms with E-state index < -0.39 is 0 Å². The second-order valence-corrected chi connectivity index (χ2v) is 5.46. The number of rotatable bonds is 1. The summed E-state index contributed by atoms with van der Waals surface area (Å²) in [5.74, 6) is 0.867. The molecule has 1 saturated carbocycles. The predicted octanol–water partition coefficient (Wildman–Crippen LogP) is 3.11. The van der Waals surface area contributed by atoms with Crippen LogP contribution in [0.15, 0.2) is 18.3 Å². The molecule has 1 aliphatic heterocycles. The molecule has 3 heteroatoms. The number of anilines is 1. The van der Waals surface area contributed by atoms with Gasteiger partial charge in [-0.3, -0.25) is 0 Å². The average Bonchev–Trinajstić information content (AvgIpc) is 2.47. The third kappa shape index (κ3) is 2.08. The zero-order chi connectivity index (χ0) is 12.4. The van der Waals surface area contributed by atoms with Gasteiger partial charge in [-0.2, -0.15) is 5.26 Å². The third-order valence-corrected chi connectivity index (χ3v) is 4.43. The van der Waals surface area contributed by atoms with Crippen LogP contribution in [0.25, 0.3) is 0 Å². The van der Waals surface area contributed by atoms with E-state index in [0.717, 1.165) is 12.5 Å². The van der Waals surface area contributed by atoms with Crippen LogP contribution < -0.4 is 4.90 Å². The second-order valence-electron chi connectivity index (χ2n) is 5.46. The van der Waals surface area contributed by atoms with Gasteiger partial charge < -0.3 is 4.90 Å². The van der Waals surface area contributed by atoms with Crippen molar-refractivity contribution in [3.63, 3.8) is 0 Å². The van der Waals surface area contributed by atoms with E-state index in [9.17, 15) is 0 Å². The predicted molar refractivity (Wildman–Crippen MR) is 71.3 cm³/mol. The van der Waals surface area contributed by atoms with Crippen LogP contribution in [0.2, 0.25) is 0 Å². The second kappa shape index (κ2) is 4.97. The molecule has 2 aliphatic rings. The van der Waals surface area contributed by atoms with Crippen LogP contribution in [-0.2, 0) is 0 Å². The first-order chi connectivity index (χ1) is 8.88. The summed E-state index contributed by atoms with van der Waals surface area (Å²) >= 11 is 0. The minimum absolute atomic E-state index is 0.533. The normalized spacial score (nSPS) is 27.4. The highest BCUT2D eigenvalue weighted by molar-refractivity contribution is 5.50. The molecule has 1 aliphatic carbocycles. The summed E-state index contributed by atoms with van der Waals surface area (Å²) < 4.78 is 0. The molecule has 0 unspecified atom stereocenters. The van der Waals surface area contributed by atoms with E-state index in [1.165, 1.54) is 44.2 Å². The quantitative estimate of drug-likeness (QED) is 0.758. The van der Waals surface area contributed by atoms with Gasteiger partial charge in [-0.25, -0.2) is 4.98 Å². The van der Waals surface area contributed by atoms with Crippen molar-refractivity contribution in [2.45, 2.75) is 44.6 Å². The van der Waals surface area contributed by atoms with Crippen molar-refractivity contribution in [2.24, 2.45) is 5.92 Å². The minimum atomic E-state index is 0.533. The van der Waals surface area contributed by atoms with E-state index in [4.69, 9.17) is 5.26 Å². The zero-order valence-electron chi connectivity index (χ0n) is 10.7.